The minimum Gasteiger partial charge on any atom is -0.320 e. The Balaban J connectivity index is 2.17. The SMILES string of the molecule is Cc1cc([N+](=O)[O-])cc2c1NC(=O)/C2=N\c1ccccc1. The summed E-state index contributed by atoms with van der Waals surface area (Å²) in [5.41, 5.74) is 2.47. The van der Waals surface area contributed by atoms with Crippen molar-refractivity contribution in [2.75, 3.05) is 5.32 Å². The Labute approximate surface area is 120 Å². The van der Waals surface area contributed by atoms with Crippen LogP contribution in [0.3, 0.4) is 0 Å². The van der Waals surface area contributed by atoms with Gasteiger partial charge in [0.15, 0.2) is 0 Å². The van der Waals surface area contributed by atoms with Gasteiger partial charge in [-0.2, -0.15) is 0 Å². The van der Waals surface area contributed by atoms with E-state index >= 15 is 0 Å². The van der Waals surface area contributed by atoms with Crippen LogP contribution in [-0.4, -0.2) is 16.5 Å². The molecule has 104 valence electrons. The highest BCUT2D eigenvalue weighted by molar-refractivity contribution is 6.54. The zero-order chi connectivity index (χ0) is 15.0. The van der Waals surface area contributed by atoms with Gasteiger partial charge in [0.05, 0.1) is 16.3 Å². The molecule has 1 aliphatic rings. The maximum Gasteiger partial charge on any atom is 0.275 e. The summed E-state index contributed by atoms with van der Waals surface area (Å²) in [6.07, 6.45) is 0. The highest BCUT2D eigenvalue weighted by Crippen LogP contribution is 2.32. The van der Waals surface area contributed by atoms with Gasteiger partial charge in [-0.25, -0.2) is 4.99 Å². The first-order valence-electron chi connectivity index (χ1n) is 6.31. The third-order valence-corrected chi connectivity index (χ3v) is 3.24. The molecule has 0 unspecified atom stereocenters. The van der Waals surface area contributed by atoms with Crippen LogP contribution in [0.2, 0.25) is 0 Å². The molecule has 1 amide bonds. The van der Waals surface area contributed by atoms with Gasteiger partial charge in [-0.3, -0.25) is 14.9 Å². The molecule has 0 spiro atoms. The number of benzene rings is 2. The number of carbonyl (C=O) groups excluding carboxylic acids is 1. The van der Waals surface area contributed by atoms with Crippen LogP contribution in [0.15, 0.2) is 47.5 Å². The van der Waals surface area contributed by atoms with Gasteiger partial charge in [0.25, 0.3) is 11.6 Å². The topological polar surface area (TPSA) is 84.6 Å². The number of fused-ring (bicyclic) bond motifs is 1. The van der Waals surface area contributed by atoms with Gasteiger partial charge in [-0.05, 0) is 24.6 Å². The number of nitro groups is 1. The molecule has 0 radical (unpaired) electrons. The lowest BCUT2D eigenvalue weighted by molar-refractivity contribution is -0.384. The first kappa shape index (κ1) is 13.0. The Bertz CT molecular complexity index is 782. The molecule has 0 atom stereocenters. The first-order valence-corrected chi connectivity index (χ1v) is 6.31. The van der Waals surface area contributed by atoms with Crippen LogP contribution in [0.5, 0.6) is 0 Å². The summed E-state index contributed by atoms with van der Waals surface area (Å²) in [6.45, 7) is 1.72. The van der Waals surface area contributed by atoms with Gasteiger partial charge in [-0.15, -0.1) is 0 Å². The Morgan fingerprint density at radius 2 is 1.90 bits per heavy atom. The van der Waals surface area contributed by atoms with Crippen LogP contribution in [0.25, 0.3) is 0 Å². The van der Waals surface area contributed by atoms with Gasteiger partial charge in [-0.1, -0.05) is 18.2 Å². The highest BCUT2D eigenvalue weighted by Gasteiger charge is 2.29. The number of para-hydroxylation sites is 1. The number of nitrogens with one attached hydrogen (secondary N) is 1. The molecule has 2 aromatic carbocycles. The van der Waals surface area contributed by atoms with E-state index in [9.17, 15) is 14.9 Å². The van der Waals surface area contributed by atoms with E-state index < -0.39 is 4.92 Å². The number of rotatable bonds is 2. The molecule has 0 bridgehead atoms. The van der Waals surface area contributed by atoms with Crippen LogP contribution < -0.4 is 5.32 Å². The van der Waals surface area contributed by atoms with E-state index in [0.717, 1.165) is 0 Å². The van der Waals surface area contributed by atoms with Gasteiger partial charge in [0.1, 0.15) is 5.71 Å². The number of anilines is 1. The molecule has 1 heterocycles. The Kier molecular flexibility index (Phi) is 2.98. The van der Waals surface area contributed by atoms with Crippen LogP contribution in [-0.2, 0) is 4.79 Å². The highest BCUT2D eigenvalue weighted by atomic mass is 16.6. The number of hydrogen-bond acceptors (Lipinski definition) is 4. The number of aryl methyl sites for hydroxylation is 1. The standard InChI is InChI=1S/C15H11N3O3/c1-9-7-11(18(20)21)8-12-13(9)17-15(19)14(12)16-10-5-3-2-4-6-10/h2-8H,1H3,(H,16,17,19). The molecule has 0 fully saturated rings. The summed E-state index contributed by atoms with van der Waals surface area (Å²) >= 11 is 0. The van der Waals surface area contributed by atoms with Crippen molar-refractivity contribution in [3.63, 3.8) is 0 Å². The summed E-state index contributed by atoms with van der Waals surface area (Å²) < 4.78 is 0. The van der Waals surface area contributed by atoms with Crippen molar-refractivity contribution in [2.24, 2.45) is 4.99 Å². The zero-order valence-corrected chi connectivity index (χ0v) is 11.2. The molecular weight excluding hydrogens is 270 g/mol. The molecule has 0 saturated carbocycles. The second-order valence-electron chi connectivity index (χ2n) is 4.69. The molecular formula is C15H11N3O3. The van der Waals surface area contributed by atoms with Crippen LogP contribution >= 0.6 is 0 Å². The van der Waals surface area contributed by atoms with Gasteiger partial charge in [0, 0.05) is 17.7 Å². The van der Waals surface area contributed by atoms with Crippen molar-refractivity contribution in [1.29, 1.82) is 0 Å². The number of nitrogens with zero attached hydrogens (tertiary/aromatic N) is 2. The van der Waals surface area contributed by atoms with Gasteiger partial charge >= 0.3 is 0 Å². The van der Waals surface area contributed by atoms with Crippen molar-refractivity contribution in [1.82, 2.24) is 0 Å². The maximum atomic E-state index is 12.1. The number of non-ortho nitro benzene ring substituents is 1. The fourth-order valence-corrected chi connectivity index (χ4v) is 2.26. The van der Waals surface area contributed by atoms with Crippen molar-refractivity contribution < 1.29 is 9.72 Å². The zero-order valence-electron chi connectivity index (χ0n) is 11.2. The van der Waals surface area contributed by atoms with E-state index in [4.69, 9.17) is 0 Å². The molecule has 1 N–H and O–H groups in total. The fourth-order valence-electron chi connectivity index (χ4n) is 2.26. The average Bonchev–Trinajstić information content (AvgIpc) is 2.77. The Morgan fingerprint density at radius 1 is 1.19 bits per heavy atom. The number of aliphatic imine (C=N–C) groups is 1. The number of amides is 1. The normalized spacial score (nSPS) is 14.9. The summed E-state index contributed by atoms with van der Waals surface area (Å²) in [4.78, 5) is 26.8. The molecule has 0 aliphatic carbocycles. The minimum atomic E-state index is -0.476. The van der Waals surface area contributed by atoms with Crippen molar-refractivity contribution in [3.05, 3.63) is 63.7 Å². The predicted molar refractivity (Wildman–Crippen MR) is 79.1 cm³/mol. The van der Waals surface area contributed by atoms with Gasteiger partial charge in [0.2, 0.25) is 0 Å². The summed E-state index contributed by atoms with van der Waals surface area (Å²) in [6, 6.07) is 11.8. The molecule has 6 nitrogen and oxygen atoms in total. The summed E-state index contributed by atoms with van der Waals surface area (Å²) in [5, 5.41) is 13.7. The second-order valence-corrected chi connectivity index (χ2v) is 4.69. The second kappa shape index (κ2) is 4.82. The largest absolute Gasteiger partial charge is 0.320 e. The predicted octanol–water partition coefficient (Wildman–Crippen LogP) is 2.98. The van der Waals surface area contributed by atoms with E-state index in [1.165, 1.54) is 12.1 Å². The lowest BCUT2D eigenvalue weighted by Crippen LogP contribution is -2.14. The van der Waals surface area contributed by atoms with E-state index in [-0.39, 0.29) is 17.3 Å². The number of nitro benzene ring substituents is 1. The third kappa shape index (κ3) is 2.27. The molecule has 6 heteroatoms. The van der Waals surface area contributed by atoms with E-state index in [0.29, 0.717) is 22.5 Å². The molecule has 1 aliphatic heterocycles. The van der Waals surface area contributed by atoms with Crippen LogP contribution in [0.1, 0.15) is 11.1 Å². The van der Waals surface area contributed by atoms with Crippen molar-refractivity contribution in [2.45, 2.75) is 6.92 Å². The lowest BCUT2D eigenvalue weighted by atomic mass is 10.1. The van der Waals surface area contributed by atoms with E-state index in [1.807, 2.05) is 18.2 Å². The molecule has 3 rings (SSSR count). The van der Waals surface area contributed by atoms with Crippen molar-refractivity contribution in [3.8, 4) is 0 Å². The van der Waals surface area contributed by atoms with Crippen molar-refractivity contribution >= 4 is 28.7 Å². The Hall–Kier alpha value is -3.02. The first-order chi connectivity index (χ1) is 10.1. The molecule has 2 aromatic rings. The molecule has 21 heavy (non-hydrogen) atoms. The van der Waals surface area contributed by atoms with Crippen LogP contribution in [0.4, 0.5) is 17.1 Å². The van der Waals surface area contributed by atoms with Gasteiger partial charge < -0.3 is 5.32 Å². The average molecular weight is 281 g/mol. The number of carbonyl (C=O) groups is 1. The molecule has 0 aromatic heterocycles. The fraction of sp³-hybridized carbons (Fsp3) is 0.0667. The quantitative estimate of drug-likeness (QED) is 0.678. The van der Waals surface area contributed by atoms with Crippen LogP contribution in [0, 0.1) is 17.0 Å². The summed E-state index contributed by atoms with van der Waals surface area (Å²) in [7, 11) is 0. The molecule has 0 saturated heterocycles. The lowest BCUT2D eigenvalue weighted by Gasteiger charge is -2.02. The third-order valence-electron chi connectivity index (χ3n) is 3.24. The smallest absolute Gasteiger partial charge is 0.275 e. The van der Waals surface area contributed by atoms with E-state index in [2.05, 4.69) is 10.3 Å². The van der Waals surface area contributed by atoms with E-state index in [1.54, 1.807) is 19.1 Å². The maximum absolute atomic E-state index is 12.1. The summed E-state index contributed by atoms with van der Waals surface area (Å²) in [5.74, 6) is -0.350. The Morgan fingerprint density at radius 3 is 2.57 bits per heavy atom. The monoisotopic (exact) mass is 281 g/mol. The minimum absolute atomic E-state index is 0.0523. The number of hydrogen-bond donors (Lipinski definition) is 1.